The molecule has 2 rings (SSSR count). The Labute approximate surface area is 222 Å². The van der Waals surface area contributed by atoms with Crippen molar-refractivity contribution < 1.29 is 0 Å². The quantitative estimate of drug-likeness (QED) is 0.140. The van der Waals surface area contributed by atoms with Crippen LogP contribution >= 0.6 is 23.5 Å². The number of allylic oxidation sites excluding steroid dienone is 2. The van der Waals surface area contributed by atoms with Crippen molar-refractivity contribution in [1.29, 1.82) is 0 Å². The molecule has 2 aliphatic heterocycles. The second-order valence-electron chi connectivity index (χ2n) is 11.7. The molecule has 0 N–H and O–H groups in total. The van der Waals surface area contributed by atoms with Crippen molar-refractivity contribution in [3.63, 3.8) is 0 Å². The normalized spacial score (nSPS) is 24.5. The van der Waals surface area contributed by atoms with Crippen LogP contribution in [0, 0.1) is 0 Å². The molecule has 0 aliphatic carbocycles. The third-order valence-corrected chi connectivity index (χ3v) is 32.3. The SMILES string of the molecule is CCCCCC[SiH]=C1C=[C]([Sn]([CH3])([CH3])[CH3])SC1C1S[C]([Sn]([CH3])([CH3])[CH3])=CC1=[SiH]CCCCCC. The van der Waals surface area contributed by atoms with Crippen LogP contribution in [0.25, 0.3) is 0 Å². The average molecular weight is 720 g/mol. The second-order valence-corrected chi connectivity index (χ2v) is 48.2. The van der Waals surface area contributed by atoms with Gasteiger partial charge in [0.05, 0.1) is 0 Å². The summed E-state index contributed by atoms with van der Waals surface area (Å²) in [5.74, 6) is 0. The van der Waals surface area contributed by atoms with Crippen LogP contribution in [0.2, 0.25) is 41.7 Å². The van der Waals surface area contributed by atoms with Gasteiger partial charge in [0.2, 0.25) is 0 Å². The van der Waals surface area contributed by atoms with E-state index in [9.17, 15) is 0 Å². The van der Waals surface area contributed by atoms with Gasteiger partial charge in [0.25, 0.3) is 0 Å². The van der Waals surface area contributed by atoms with Crippen molar-refractivity contribution in [2.75, 3.05) is 0 Å². The Kier molecular flexibility index (Phi) is 13.8. The Morgan fingerprint density at radius 2 is 1.00 bits per heavy atom. The van der Waals surface area contributed by atoms with E-state index >= 15 is 0 Å². The van der Waals surface area contributed by atoms with Crippen LogP contribution < -0.4 is 0 Å². The van der Waals surface area contributed by atoms with E-state index in [2.05, 4.69) is 79.2 Å². The third kappa shape index (κ3) is 9.78. The molecule has 2 heterocycles. The monoisotopic (exact) mass is 722 g/mol. The van der Waals surface area contributed by atoms with Gasteiger partial charge in [0.1, 0.15) is 0 Å². The molecule has 0 aromatic rings. The fourth-order valence-corrected chi connectivity index (χ4v) is 24.4. The van der Waals surface area contributed by atoms with Crippen LogP contribution in [0.3, 0.4) is 0 Å². The minimum absolute atomic E-state index is 0.492. The molecule has 2 aliphatic rings. The predicted octanol–water partition coefficient (Wildman–Crippen LogP) is 7.95. The summed E-state index contributed by atoms with van der Waals surface area (Å²) < 4.78 is 3.73. The molecule has 32 heavy (non-hydrogen) atoms. The fourth-order valence-electron chi connectivity index (χ4n) is 4.23. The summed E-state index contributed by atoms with van der Waals surface area (Å²) in [5, 5.41) is 5.39. The zero-order chi connectivity index (χ0) is 23.8. The first-order valence-corrected chi connectivity index (χ1v) is 37.8. The molecule has 0 saturated heterocycles. The summed E-state index contributed by atoms with van der Waals surface area (Å²) in [6, 6.07) is 2.98. The van der Waals surface area contributed by atoms with Crippen molar-refractivity contribution in [1.82, 2.24) is 0 Å². The number of rotatable bonds is 13. The van der Waals surface area contributed by atoms with E-state index < -0.39 is 36.8 Å². The molecule has 0 saturated carbocycles. The van der Waals surface area contributed by atoms with Crippen LogP contribution in [0.5, 0.6) is 0 Å². The molecular formula is C26H50S2Si2Sn2. The van der Waals surface area contributed by atoms with Gasteiger partial charge in [-0.2, -0.15) is 0 Å². The molecule has 0 aromatic heterocycles. The van der Waals surface area contributed by atoms with E-state index in [1.807, 2.05) is 16.2 Å². The van der Waals surface area contributed by atoms with Crippen molar-refractivity contribution in [2.45, 2.75) is 117 Å². The van der Waals surface area contributed by atoms with Gasteiger partial charge in [-0.25, -0.2) is 0 Å². The molecule has 0 amide bonds. The van der Waals surface area contributed by atoms with Gasteiger partial charge in [0, 0.05) is 0 Å². The van der Waals surface area contributed by atoms with Crippen LogP contribution in [0.4, 0.5) is 0 Å². The zero-order valence-corrected chi connectivity index (χ0v) is 32.0. The van der Waals surface area contributed by atoms with Crippen LogP contribution in [0.15, 0.2) is 18.0 Å². The van der Waals surface area contributed by atoms with E-state index in [1.54, 1.807) is 0 Å². The molecule has 0 aromatic carbocycles. The molecule has 0 radical (unpaired) electrons. The predicted molar refractivity (Wildman–Crippen MR) is 168 cm³/mol. The van der Waals surface area contributed by atoms with Crippen LogP contribution in [-0.4, -0.2) is 75.9 Å². The van der Waals surface area contributed by atoms with E-state index in [1.165, 1.54) is 63.5 Å². The third-order valence-electron chi connectivity index (χ3n) is 6.39. The Balaban J connectivity index is 2.23. The zero-order valence-electron chi connectivity index (χ0n) is 22.4. The van der Waals surface area contributed by atoms with Crippen molar-refractivity contribution in [3.8, 4) is 0 Å². The fraction of sp³-hybridized carbons (Fsp3) is 0.769. The summed E-state index contributed by atoms with van der Waals surface area (Å²) in [6.45, 7) is 4.67. The van der Waals surface area contributed by atoms with Gasteiger partial charge in [-0.1, -0.05) is 0 Å². The van der Waals surface area contributed by atoms with Gasteiger partial charge in [0.15, 0.2) is 0 Å². The summed E-state index contributed by atoms with van der Waals surface area (Å²) in [7, 11) is 0.984. The van der Waals surface area contributed by atoms with Crippen molar-refractivity contribution in [3.05, 3.63) is 18.0 Å². The molecule has 6 heteroatoms. The molecule has 182 valence electrons. The number of thioether (sulfide) groups is 2. The first kappa shape index (κ1) is 30.2. The maximum absolute atomic E-state index is 2.77. The summed E-state index contributed by atoms with van der Waals surface area (Å²) in [6.07, 6.45) is 16.9. The van der Waals surface area contributed by atoms with E-state index in [0.717, 1.165) is 10.5 Å². The molecule has 0 spiro atoms. The van der Waals surface area contributed by atoms with Crippen molar-refractivity contribution >= 4 is 88.9 Å². The molecule has 2 unspecified atom stereocenters. The van der Waals surface area contributed by atoms with Gasteiger partial charge in [-0.05, 0) is 0 Å². The standard InChI is InChI=1S/C20H32S2Si2.6CH3.2Sn/c1-3-5-7-9-15-23-17-11-13-21-19(17)20-18(12-14-22-20)24-16-10-8-6-4-2;;;;;;;;/h11-12,19-20,23-24H,3-10,15-16H2,1-2H3;6*1H3;;. The number of hydrogen-bond donors (Lipinski definition) is 0. The summed E-state index contributed by atoms with van der Waals surface area (Å²) in [4.78, 5) is 15.8. The Hall–Kier alpha value is 1.95. The van der Waals surface area contributed by atoms with Gasteiger partial charge < -0.3 is 0 Å². The molecule has 0 bridgehead atoms. The summed E-state index contributed by atoms with van der Waals surface area (Å²) >= 11 is 0.677. The topological polar surface area (TPSA) is 0 Å². The van der Waals surface area contributed by atoms with E-state index in [-0.39, 0.29) is 0 Å². The molecule has 0 nitrogen and oxygen atoms in total. The Morgan fingerprint density at radius 1 is 0.625 bits per heavy atom. The number of hydrogen-bond acceptors (Lipinski definition) is 2. The van der Waals surface area contributed by atoms with E-state index in [0.29, 0.717) is 18.3 Å². The Morgan fingerprint density at radius 3 is 1.31 bits per heavy atom. The molecule has 0 fully saturated rings. The maximum atomic E-state index is 2.77. The van der Waals surface area contributed by atoms with Gasteiger partial charge >= 0.3 is 224 Å². The second kappa shape index (κ2) is 14.6. The van der Waals surface area contributed by atoms with E-state index in [4.69, 9.17) is 0 Å². The average Bonchev–Trinajstić information content (AvgIpc) is 3.31. The van der Waals surface area contributed by atoms with Crippen LogP contribution in [-0.2, 0) is 0 Å². The van der Waals surface area contributed by atoms with Gasteiger partial charge in [-0.15, -0.1) is 0 Å². The molecule has 2 atom stereocenters. The number of unbranched alkanes of at least 4 members (excludes halogenated alkanes) is 6. The summed E-state index contributed by atoms with van der Waals surface area (Å²) in [5.41, 5.74) is 0. The van der Waals surface area contributed by atoms with Crippen LogP contribution in [0.1, 0.15) is 65.2 Å². The van der Waals surface area contributed by atoms with Gasteiger partial charge in [-0.3, -0.25) is 0 Å². The molecular weight excluding hydrogens is 670 g/mol. The minimum atomic E-state index is -2.02. The first-order chi connectivity index (χ1) is 15.1. The van der Waals surface area contributed by atoms with Crippen molar-refractivity contribution in [2.24, 2.45) is 0 Å². The Bertz CT molecular complexity index is 665. The first-order valence-electron chi connectivity index (χ1n) is 13.3.